The van der Waals surface area contributed by atoms with Crippen LogP contribution in [-0.4, -0.2) is 32.5 Å². The first-order chi connectivity index (χ1) is 8.73. The summed E-state index contributed by atoms with van der Waals surface area (Å²) >= 11 is 0. The summed E-state index contributed by atoms with van der Waals surface area (Å²) in [4.78, 5) is 0. The summed E-state index contributed by atoms with van der Waals surface area (Å²) in [6.07, 6.45) is 4.91. The molecule has 3 fully saturated rings. The summed E-state index contributed by atoms with van der Waals surface area (Å²) in [5.41, 5.74) is 0.802. The third kappa shape index (κ3) is 2.25. The van der Waals surface area contributed by atoms with Crippen molar-refractivity contribution in [1.82, 2.24) is 5.32 Å². The van der Waals surface area contributed by atoms with Crippen LogP contribution in [0.4, 0.5) is 0 Å². The van der Waals surface area contributed by atoms with Gasteiger partial charge in [0.1, 0.15) is 0 Å². The van der Waals surface area contributed by atoms with Crippen molar-refractivity contribution in [2.24, 2.45) is 22.7 Å². The Kier molecular flexibility index (Phi) is 3.07. The lowest BCUT2D eigenvalue weighted by Gasteiger charge is -2.43. The molecule has 110 valence electrons. The highest BCUT2D eigenvalue weighted by Gasteiger charge is 2.59. The largest absolute Gasteiger partial charge is 0.313 e. The van der Waals surface area contributed by atoms with Gasteiger partial charge in [-0.15, -0.1) is 0 Å². The van der Waals surface area contributed by atoms with Gasteiger partial charge in [0, 0.05) is 6.04 Å². The second-order valence-corrected chi connectivity index (χ2v) is 10.3. The van der Waals surface area contributed by atoms with E-state index in [2.05, 4.69) is 26.1 Å². The summed E-state index contributed by atoms with van der Waals surface area (Å²) in [7, 11) is -2.74. The van der Waals surface area contributed by atoms with Gasteiger partial charge in [-0.2, -0.15) is 0 Å². The van der Waals surface area contributed by atoms with Gasteiger partial charge in [0.2, 0.25) is 0 Å². The summed E-state index contributed by atoms with van der Waals surface area (Å²) in [6.45, 7) is 8.09. The molecular weight excluding hydrogens is 258 g/mol. The Morgan fingerprint density at radius 3 is 2.47 bits per heavy atom. The van der Waals surface area contributed by atoms with E-state index in [4.69, 9.17) is 0 Å². The van der Waals surface area contributed by atoms with Crippen LogP contribution in [0, 0.1) is 22.7 Å². The molecule has 0 aromatic heterocycles. The Morgan fingerprint density at radius 2 is 1.95 bits per heavy atom. The Hall–Kier alpha value is -0.0900. The number of hydrogen-bond acceptors (Lipinski definition) is 3. The molecule has 4 atom stereocenters. The molecule has 0 spiro atoms. The van der Waals surface area contributed by atoms with Gasteiger partial charge in [0.25, 0.3) is 0 Å². The zero-order valence-corrected chi connectivity index (χ0v) is 13.2. The molecule has 1 aliphatic heterocycles. The highest BCUT2D eigenvalue weighted by Crippen LogP contribution is 2.62. The van der Waals surface area contributed by atoms with Gasteiger partial charge < -0.3 is 5.32 Å². The van der Waals surface area contributed by atoms with E-state index in [9.17, 15) is 8.42 Å². The molecule has 2 bridgehead atoms. The minimum Gasteiger partial charge on any atom is -0.313 e. The summed E-state index contributed by atoms with van der Waals surface area (Å²) in [5, 5.41) is 3.76. The number of sulfone groups is 1. The summed E-state index contributed by atoms with van der Waals surface area (Å²) in [5.74, 6) is 1.98. The smallest absolute Gasteiger partial charge is 0.150 e. The van der Waals surface area contributed by atoms with Crippen molar-refractivity contribution in [1.29, 1.82) is 0 Å². The molecule has 19 heavy (non-hydrogen) atoms. The van der Waals surface area contributed by atoms with Crippen LogP contribution in [0.2, 0.25) is 0 Å². The first-order valence-electron chi connectivity index (χ1n) is 7.67. The zero-order chi connectivity index (χ0) is 13.9. The molecule has 3 aliphatic rings. The molecule has 4 heteroatoms. The van der Waals surface area contributed by atoms with Gasteiger partial charge in [0.05, 0.1) is 11.5 Å². The van der Waals surface area contributed by atoms with Gasteiger partial charge in [-0.1, -0.05) is 20.8 Å². The average Bonchev–Trinajstić information content (AvgIpc) is 2.87. The Balaban J connectivity index is 1.64. The summed E-state index contributed by atoms with van der Waals surface area (Å²) in [6, 6.07) is 0.557. The number of rotatable bonds is 3. The van der Waals surface area contributed by atoms with Crippen molar-refractivity contribution in [3.8, 4) is 0 Å². The SMILES string of the molecule is CC1(C)C(NCC2CCS(=O)(=O)C2)[C@]2(C)CC[C@H]1C2. The average molecular weight is 285 g/mol. The Labute approximate surface area is 117 Å². The van der Waals surface area contributed by atoms with Crippen LogP contribution in [0.5, 0.6) is 0 Å². The molecule has 2 aliphatic carbocycles. The first kappa shape index (κ1) is 13.9. The molecule has 0 aromatic rings. The molecule has 2 unspecified atom stereocenters. The van der Waals surface area contributed by atoms with Crippen molar-refractivity contribution >= 4 is 9.84 Å². The molecule has 2 saturated carbocycles. The maximum atomic E-state index is 11.5. The van der Waals surface area contributed by atoms with Gasteiger partial charge >= 0.3 is 0 Å². The third-order valence-electron chi connectivity index (χ3n) is 6.21. The molecule has 0 aromatic carbocycles. The lowest BCUT2D eigenvalue weighted by atomic mass is 9.68. The highest BCUT2D eigenvalue weighted by molar-refractivity contribution is 7.91. The van der Waals surface area contributed by atoms with Crippen molar-refractivity contribution < 1.29 is 8.42 Å². The standard InChI is InChI=1S/C15H27NO2S/c1-14(2)12-4-6-15(3,8-12)13(14)16-9-11-5-7-19(17,18)10-11/h11-13,16H,4-10H2,1-3H3/t11?,12-,13?,15+/m0/s1. The Morgan fingerprint density at radius 1 is 1.21 bits per heavy atom. The van der Waals surface area contributed by atoms with Crippen LogP contribution < -0.4 is 5.32 Å². The zero-order valence-electron chi connectivity index (χ0n) is 12.4. The van der Waals surface area contributed by atoms with E-state index in [-0.39, 0.29) is 0 Å². The van der Waals surface area contributed by atoms with Crippen LogP contribution in [0.1, 0.15) is 46.5 Å². The minimum absolute atomic E-state index is 0.337. The van der Waals surface area contributed by atoms with Crippen molar-refractivity contribution in [2.45, 2.75) is 52.5 Å². The molecule has 1 heterocycles. The predicted molar refractivity (Wildman–Crippen MR) is 77.8 cm³/mol. The number of nitrogens with one attached hydrogen (secondary N) is 1. The summed E-state index contributed by atoms with van der Waals surface area (Å²) < 4.78 is 23.1. The second-order valence-electron chi connectivity index (χ2n) is 8.03. The normalized spacial score (nSPS) is 46.8. The van der Waals surface area contributed by atoms with Crippen molar-refractivity contribution in [3.05, 3.63) is 0 Å². The molecule has 1 saturated heterocycles. The fourth-order valence-corrected chi connectivity index (χ4v) is 6.99. The number of fused-ring (bicyclic) bond motifs is 2. The Bertz CT molecular complexity index is 466. The van der Waals surface area contributed by atoms with E-state index in [1.54, 1.807) is 0 Å². The molecule has 0 amide bonds. The van der Waals surface area contributed by atoms with Crippen LogP contribution in [0.15, 0.2) is 0 Å². The van der Waals surface area contributed by atoms with Gasteiger partial charge in [-0.3, -0.25) is 0 Å². The molecule has 3 nitrogen and oxygen atoms in total. The molecule has 3 rings (SSSR count). The quantitative estimate of drug-likeness (QED) is 0.865. The van der Waals surface area contributed by atoms with Crippen LogP contribution in [0.25, 0.3) is 0 Å². The minimum atomic E-state index is -2.74. The van der Waals surface area contributed by atoms with E-state index in [1.165, 1.54) is 19.3 Å². The molecule has 0 radical (unpaired) electrons. The fraction of sp³-hybridized carbons (Fsp3) is 1.00. The lowest BCUT2D eigenvalue weighted by Crippen LogP contribution is -2.51. The van der Waals surface area contributed by atoms with Gasteiger partial charge in [-0.25, -0.2) is 8.42 Å². The van der Waals surface area contributed by atoms with Crippen molar-refractivity contribution in [2.75, 3.05) is 18.1 Å². The van der Waals surface area contributed by atoms with E-state index < -0.39 is 9.84 Å². The van der Waals surface area contributed by atoms with E-state index in [0.717, 1.165) is 18.9 Å². The first-order valence-corrected chi connectivity index (χ1v) is 9.49. The monoisotopic (exact) mass is 285 g/mol. The lowest BCUT2D eigenvalue weighted by molar-refractivity contribution is 0.106. The topological polar surface area (TPSA) is 46.2 Å². The van der Waals surface area contributed by atoms with E-state index >= 15 is 0 Å². The van der Waals surface area contributed by atoms with Gasteiger partial charge in [0.15, 0.2) is 9.84 Å². The third-order valence-corrected chi connectivity index (χ3v) is 8.04. The second kappa shape index (κ2) is 4.20. The van der Waals surface area contributed by atoms with Crippen molar-refractivity contribution in [3.63, 3.8) is 0 Å². The molecule has 1 N–H and O–H groups in total. The maximum Gasteiger partial charge on any atom is 0.150 e. The maximum absolute atomic E-state index is 11.5. The van der Waals surface area contributed by atoms with E-state index in [0.29, 0.717) is 34.3 Å². The fourth-order valence-electron chi connectivity index (χ4n) is 5.13. The van der Waals surface area contributed by atoms with Crippen LogP contribution >= 0.6 is 0 Å². The van der Waals surface area contributed by atoms with E-state index in [1.807, 2.05) is 0 Å². The van der Waals surface area contributed by atoms with Crippen LogP contribution in [-0.2, 0) is 9.84 Å². The molecular formula is C15H27NO2S. The predicted octanol–water partition coefficient (Wildman–Crippen LogP) is 2.23. The number of hydrogen-bond donors (Lipinski definition) is 1. The van der Waals surface area contributed by atoms with Crippen LogP contribution in [0.3, 0.4) is 0 Å². The highest BCUT2D eigenvalue weighted by atomic mass is 32.2. The van der Waals surface area contributed by atoms with Gasteiger partial charge in [-0.05, 0) is 54.9 Å².